The number of hydrogen-bond acceptors (Lipinski definition) is 0. The van der Waals surface area contributed by atoms with Gasteiger partial charge in [-0.1, -0.05) is 62.8 Å². The van der Waals surface area contributed by atoms with E-state index in [-0.39, 0.29) is 0 Å². The monoisotopic (exact) mass is 188 g/mol. The average Bonchev–Trinajstić information content (AvgIpc) is 2.25. The molecular weight excluding hydrogens is 168 g/mol. The highest BCUT2D eigenvalue weighted by molar-refractivity contribution is 5.19. The zero-order valence-corrected chi connectivity index (χ0v) is 9.24. The highest BCUT2D eigenvalue weighted by atomic mass is 14.1. The van der Waals surface area contributed by atoms with Gasteiger partial charge in [-0.3, -0.25) is 0 Å². The molecule has 0 saturated carbocycles. The smallest absolute Gasteiger partial charge is 0.0156 e. The Kier molecular flexibility index (Phi) is 5.06. The molecule has 0 heterocycles. The standard InChI is InChI=1S/C14H20/c1-3-4-5-7-10-13(2)14-11-8-6-9-12-14/h5-9,11-13H,3-4,10H2,1-2H3/b7-5-. The molecule has 0 radical (unpaired) electrons. The topological polar surface area (TPSA) is 0 Å². The summed E-state index contributed by atoms with van der Waals surface area (Å²) in [6.45, 7) is 4.50. The molecule has 0 nitrogen and oxygen atoms in total. The molecule has 76 valence electrons. The van der Waals surface area contributed by atoms with Crippen molar-refractivity contribution in [3.63, 3.8) is 0 Å². The molecule has 0 saturated heterocycles. The van der Waals surface area contributed by atoms with Gasteiger partial charge in [-0.25, -0.2) is 0 Å². The van der Waals surface area contributed by atoms with E-state index in [1.165, 1.54) is 18.4 Å². The molecule has 1 rings (SSSR count). The van der Waals surface area contributed by atoms with Crippen LogP contribution in [0.4, 0.5) is 0 Å². The third kappa shape index (κ3) is 3.78. The van der Waals surface area contributed by atoms with Crippen LogP contribution in [-0.2, 0) is 0 Å². The van der Waals surface area contributed by atoms with E-state index < -0.39 is 0 Å². The summed E-state index contributed by atoms with van der Waals surface area (Å²) in [4.78, 5) is 0. The van der Waals surface area contributed by atoms with Gasteiger partial charge in [-0.15, -0.1) is 0 Å². The number of rotatable bonds is 5. The normalized spacial score (nSPS) is 13.3. The molecule has 1 atom stereocenters. The van der Waals surface area contributed by atoms with Crippen molar-refractivity contribution < 1.29 is 0 Å². The van der Waals surface area contributed by atoms with Gasteiger partial charge >= 0.3 is 0 Å². The van der Waals surface area contributed by atoms with Crippen molar-refractivity contribution in [3.05, 3.63) is 48.0 Å². The summed E-state index contributed by atoms with van der Waals surface area (Å²) in [6.07, 6.45) is 8.21. The fourth-order valence-corrected chi connectivity index (χ4v) is 1.50. The molecule has 0 heteroatoms. The van der Waals surface area contributed by atoms with Gasteiger partial charge in [-0.2, -0.15) is 0 Å². The van der Waals surface area contributed by atoms with E-state index >= 15 is 0 Å². The van der Waals surface area contributed by atoms with Crippen LogP contribution in [0.1, 0.15) is 44.6 Å². The Bertz CT molecular complexity index is 259. The molecule has 0 aromatic heterocycles. The maximum absolute atomic E-state index is 2.31. The van der Waals surface area contributed by atoms with Gasteiger partial charge in [0.05, 0.1) is 0 Å². The second-order valence-corrected chi connectivity index (χ2v) is 3.81. The van der Waals surface area contributed by atoms with Crippen LogP contribution in [-0.4, -0.2) is 0 Å². The van der Waals surface area contributed by atoms with E-state index in [9.17, 15) is 0 Å². The first-order valence-corrected chi connectivity index (χ1v) is 5.54. The minimum atomic E-state index is 0.643. The van der Waals surface area contributed by atoms with Crippen molar-refractivity contribution in [2.75, 3.05) is 0 Å². The van der Waals surface area contributed by atoms with Gasteiger partial charge in [0.2, 0.25) is 0 Å². The first-order chi connectivity index (χ1) is 6.84. The highest BCUT2D eigenvalue weighted by Crippen LogP contribution is 2.18. The Hall–Kier alpha value is -1.04. The van der Waals surface area contributed by atoms with Gasteiger partial charge in [0, 0.05) is 0 Å². The summed E-state index contributed by atoms with van der Waals surface area (Å²) >= 11 is 0. The van der Waals surface area contributed by atoms with Crippen LogP contribution in [0.25, 0.3) is 0 Å². The highest BCUT2D eigenvalue weighted by Gasteiger charge is 2.00. The Morgan fingerprint density at radius 2 is 1.86 bits per heavy atom. The van der Waals surface area contributed by atoms with Crippen molar-refractivity contribution in [2.24, 2.45) is 0 Å². The summed E-state index contributed by atoms with van der Waals surface area (Å²) in [7, 11) is 0. The Morgan fingerprint density at radius 3 is 2.50 bits per heavy atom. The molecule has 0 aliphatic carbocycles. The summed E-state index contributed by atoms with van der Waals surface area (Å²) in [6, 6.07) is 10.7. The molecule has 1 aromatic carbocycles. The lowest BCUT2D eigenvalue weighted by molar-refractivity contribution is 0.776. The van der Waals surface area contributed by atoms with Crippen molar-refractivity contribution in [2.45, 2.75) is 39.0 Å². The molecule has 0 N–H and O–H groups in total. The van der Waals surface area contributed by atoms with Gasteiger partial charge in [0.25, 0.3) is 0 Å². The summed E-state index contributed by atoms with van der Waals surface area (Å²) in [5.74, 6) is 0.643. The largest absolute Gasteiger partial charge is 0.0885 e. The summed E-state index contributed by atoms with van der Waals surface area (Å²) in [5.41, 5.74) is 1.44. The minimum Gasteiger partial charge on any atom is -0.0885 e. The van der Waals surface area contributed by atoms with Crippen molar-refractivity contribution in [3.8, 4) is 0 Å². The maximum Gasteiger partial charge on any atom is -0.0156 e. The molecule has 14 heavy (non-hydrogen) atoms. The predicted octanol–water partition coefficient (Wildman–Crippen LogP) is 4.54. The maximum atomic E-state index is 2.31. The third-order valence-electron chi connectivity index (χ3n) is 2.48. The van der Waals surface area contributed by atoms with Crippen molar-refractivity contribution in [1.29, 1.82) is 0 Å². The second kappa shape index (κ2) is 6.42. The molecule has 0 aliphatic heterocycles. The molecule has 0 aliphatic rings. The number of unbranched alkanes of at least 4 members (excludes halogenated alkanes) is 1. The SMILES string of the molecule is CCC/C=C\CC(C)c1ccccc1. The van der Waals surface area contributed by atoms with Crippen molar-refractivity contribution >= 4 is 0 Å². The molecular formula is C14H20. The lowest BCUT2D eigenvalue weighted by Crippen LogP contribution is -1.90. The van der Waals surface area contributed by atoms with Crippen LogP contribution in [0.2, 0.25) is 0 Å². The first-order valence-electron chi connectivity index (χ1n) is 5.54. The van der Waals surface area contributed by atoms with Gasteiger partial charge in [0.15, 0.2) is 0 Å². The molecule has 1 unspecified atom stereocenters. The Morgan fingerprint density at radius 1 is 1.14 bits per heavy atom. The number of hydrogen-bond donors (Lipinski definition) is 0. The van der Waals surface area contributed by atoms with Gasteiger partial charge in [0.1, 0.15) is 0 Å². The van der Waals surface area contributed by atoms with E-state index in [1.807, 2.05) is 0 Å². The Labute approximate surface area is 87.7 Å². The molecule has 0 amide bonds. The summed E-state index contributed by atoms with van der Waals surface area (Å²) < 4.78 is 0. The van der Waals surface area contributed by atoms with E-state index in [0.717, 1.165) is 6.42 Å². The van der Waals surface area contributed by atoms with Crippen LogP contribution >= 0.6 is 0 Å². The fraction of sp³-hybridized carbons (Fsp3) is 0.429. The van der Waals surface area contributed by atoms with E-state index in [0.29, 0.717) is 5.92 Å². The van der Waals surface area contributed by atoms with Crippen LogP contribution < -0.4 is 0 Å². The quantitative estimate of drug-likeness (QED) is 0.595. The van der Waals surface area contributed by atoms with Crippen LogP contribution in [0.3, 0.4) is 0 Å². The van der Waals surface area contributed by atoms with E-state index in [4.69, 9.17) is 0 Å². The van der Waals surface area contributed by atoms with Crippen LogP contribution in [0.15, 0.2) is 42.5 Å². The Balaban J connectivity index is 2.39. The lowest BCUT2D eigenvalue weighted by atomic mass is 9.98. The minimum absolute atomic E-state index is 0.643. The molecule has 0 bridgehead atoms. The molecule has 1 aromatic rings. The predicted molar refractivity (Wildman–Crippen MR) is 63.5 cm³/mol. The van der Waals surface area contributed by atoms with Crippen LogP contribution in [0, 0.1) is 0 Å². The first kappa shape index (κ1) is 11.0. The third-order valence-corrected chi connectivity index (χ3v) is 2.48. The zero-order valence-electron chi connectivity index (χ0n) is 9.24. The average molecular weight is 188 g/mol. The molecule has 0 fully saturated rings. The number of benzene rings is 1. The lowest BCUT2D eigenvalue weighted by Gasteiger charge is -2.08. The van der Waals surface area contributed by atoms with Crippen LogP contribution in [0.5, 0.6) is 0 Å². The summed E-state index contributed by atoms with van der Waals surface area (Å²) in [5, 5.41) is 0. The number of allylic oxidation sites excluding steroid dienone is 2. The van der Waals surface area contributed by atoms with E-state index in [2.05, 4.69) is 56.3 Å². The van der Waals surface area contributed by atoms with Gasteiger partial charge < -0.3 is 0 Å². The fourth-order valence-electron chi connectivity index (χ4n) is 1.50. The molecule has 0 spiro atoms. The van der Waals surface area contributed by atoms with E-state index in [1.54, 1.807) is 0 Å². The van der Waals surface area contributed by atoms with Crippen molar-refractivity contribution in [1.82, 2.24) is 0 Å². The second-order valence-electron chi connectivity index (χ2n) is 3.81. The zero-order chi connectivity index (χ0) is 10.2. The van der Waals surface area contributed by atoms with Gasteiger partial charge in [-0.05, 0) is 24.3 Å².